The number of carbonyl (C=O) groups is 1. The molecule has 17 heteroatoms. The molecule has 12 nitrogen and oxygen atoms in total. The van der Waals surface area contributed by atoms with Crippen LogP contribution in [0.1, 0.15) is 70.5 Å². The van der Waals surface area contributed by atoms with E-state index in [1.165, 1.54) is 12.3 Å². The largest absolute Gasteiger partial charge is 0.494 e. The average molecular weight is 849 g/mol. The van der Waals surface area contributed by atoms with Gasteiger partial charge in [0, 0.05) is 58.9 Å². The Morgan fingerprint density at radius 3 is 2.17 bits per heavy atom. The monoisotopic (exact) mass is 848 g/mol. The minimum Gasteiger partial charge on any atom is -0.494 e. The molecule has 0 saturated heterocycles. The molecule has 0 spiro atoms. The van der Waals surface area contributed by atoms with Crippen molar-refractivity contribution in [3.63, 3.8) is 0 Å². The summed E-state index contributed by atoms with van der Waals surface area (Å²) >= 11 is 0. The van der Waals surface area contributed by atoms with E-state index in [9.17, 15) is 23.1 Å². The van der Waals surface area contributed by atoms with Crippen LogP contribution in [0.15, 0.2) is 42.9 Å². The lowest BCUT2D eigenvalue weighted by Crippen LogP contribution is -2.38. The van der Waals surface area contributed by atoms with Crippen molar-refractivity contribution in [3.8, 4) is 11.1 Å². The molecule has 1 amide bonds. The summed E-state index contributed by atoms with van der Waals surface area (Å²) in [6, 6.07) is 4.30. The van der Waals surface area contributed by atoms with Gasteiger partial charge < -0.3 is 29.0 Å². The summed E-state index contributed by atoms with van der Waals surface area (Å²) in [6.07, 6.45) is -1.78. The van der Waals surface area contributed by atoms with Crippen molar-refractivity contribution in [2.24, 2.45) is 0 Å². The number of nitrogens with zero attached hydrogens (tertiary/aromatic N) is 6. The van der Waals surface area contributed by atoms with E-state index in [4.69, 9.17) is 29.0 Å². The smallest absolute Gasteiger partial charge is 0.420 e. The number of fused-ring (bicyclic) bond motifs is 1. The molecule has 3 aromatic heterocycles. The van der Waals surface area contributed by atoms with Gasteiger partial charge in [-0.3, -0.25) is 9.88 Å². The van der Waals surface area contributed by atoms with Gasteiger partial charge >= 0.3 is 12.3 Å². The third-order valence-electron chi connectivity index (χ3n) is 9.40. The second kappa shape index (κ2) is 19.1. The molecule has 4 rings (SSSR count). The molecule has 322 valence electrons. The lowest BCUT2D eigenvalue weighted by molar-refractivity contribution is -0.207. The van der Waals surface area contributed by atoms with Gasteiger partial charge in [0.15, 0.2) is 11.8 Å². The number of alkyl halides is 3. The molecular weight excluding hydrogens is 786 g/mol. The standard InChI is InChI=1S/C41H63F3N6O6Si2/c1-13-55-29(3)35-33(17-15-31-22-28(2)25-49(31)39(52)56-40(4,5)6)47-37-32(30-14-16-34(45-23-30)36(51)41(42,43)44)24-46-50(37)38(35)48(26-53-18-20-57(7,8)9)27-54-19-21-58(10,11)12/h14,16,23-25,31,36,51H,3,13,15,17-22,26-27H2,1-2,4-12H3/t31-,36?/m0/s1. The van der Waals surface area contributed by atoms with Gasteiger partial charge in [-0.25, -0.2) is 9.78 Å². The van der Waals surface area contributed by atoms with Crippen LogP contribution in [0.5, 0.6) is 0 Å². The molecule has 0 saturated carbocycles. The molecule has 0 fully saturated rings. The van der Waals surface area contributed by atoms with Gasteiger partial charge in [0.1, 0.15) is 30.6 Å². The maximum Gasteiger partial charge on any atom is 0.420 e. The van der Waals surface area contributed by atoms with E-state index in [1.54, 1.807) is 15.6 Å². The molecule has 0 radical (unpaired) electrons. The highest BCUT2D eigenvalue weighted by Gasteiger charge is 2.40. The van der Waals surface area contributed by atoms with E-state index < -0.39 is 45.8 Å². The Bertz CT molecular complexity index is 1880. The number of amides is 1. The molecular formula is C41H63F3N6O6Si2. The Balaban J connectivity index is 1.89. The number of halogens is 3. The van der Waals surface area contributed by atoms with E-state index >= 15 is 0 Å². The minimum atomic E-state index is -4.87. The molecule has 1 N–H and O–H groups in total. The molecule has 3 aromatic rings. The van der Waals surface area contributed by atoms with Gasteiger partial charge in [-0.1, -0.05) is 57.5 Å². The predicted octanol–water partition coefficient (Wildman–Crippen LogP) is 9.67. The first-order valence-electron chi connectivity index (χ1n) is 19.9. The summed E-state index contributed by atoms with van der Waals surface area (Å²) in [6.45, 7) is 29.2. The fraction of sp³-hybridized carbons (Fsp3) is 0.610. The highest BCUT2D eigenvalue weighted by molar-refractivity contribution is 6.76. The minimum absolute atomic E-state index is 0.154. The van der Waals surface area contributed by atoms with Crippen LogP contribution in [0.2, 0.25) is 51.4 Å². The van der Waals surface area contributed by atoms with Crippen LogP contribution in [-0.4, -0.2) is 103 Å². The lowest BCUT2D eigenvalue weighted by Gasteiger charge is -2.30. The van der Waals surface area contributed by atoms with E-state index in [-0.39, 0.29) is 19.5 Å². The Morgan fingerprint density at radius 2 is 1.66 bits per heavy atom. The van der Waals surface area contributed by atoms with Crippen LogP contribution in [0.25, 0.3) is 22.5 Å². The fourth-order valence-electron chi connectivity index (χ4n) is 6.32. The van der Waals surface area contributed by atoms with Crippen LogP contribution in [0.3, 0.4) is 0 Å². The number of pyridine rings is 1. The van der Waals surface area contributed by atoms with E-state index in [2.05, 4.69) is 50.8 Å². The maximum atomic E-state index is 13.4. The predicted molar refractivity (Wildman–Crippen MR) is 227 cm³/mol. The van der Waals surface area contributed by atoms with Crippen molar-refractivity contribution in [1.29, 1.82) is 0 Å². The topological polar surface area (TPSA) is 124 Å². The number of hydrogen-bond acceptors (Lipinski definition) is 10. The molecule has 0 aromatic carbocycles. The average Bonchev–Trinajstić information content (AvgIpc) is 3.70. The maximum absolute atomic E-state index is 13.4. The van der Waals surface area contributed by atoms with Crippen LogP contribution in [0.4, 0.5) is 23.8 Å². The van der Waals surface area contributed by atoms with Gasteiger partial charge in [-0.15, -0.1) is 0 Å². The molecule has 0 aliphatic carbocycles. The second-order valence-corrected chi connectivity index (χ2v) is 29.6. The van der Waals surface area contributed by atoms with Gasteiger partial charge in [-0.2, -0.15) is 22.8 Å². The van der Waals surface area contributed by atoms with Gasteiger partial charge in [0.05, 0.1) is 29.8 Å². The number of aryl methyl sites for hydroxylation is 1. The molecule has 1 aliphatic heterocycles. The third kappa shape index (κ3) is 13.1. The molecule has 0 bridgehead atoms. The van der Waals surface area contributed by atoms with E-state index in [0.717, 1.165) is 23.7 Å². The third-order valence-corrected chi connectivity index (χ3v) is 12.8. The normalized spacial score (nSPS) is 15.8. The molecule has 4 heterocycles. The second-order valence-electron chi connectivity index (χ2n) is 18.3. The van der Waals surface area contributed by atoms with Gasteiger partial charge in [0.2, 0.25) is 0 Å². The Morgan fingerprint density at radius 1 is 1.03 bits per heavy atom. The van der Waals surface area contributed by atoms with Gasteiger partial charge in [0.25, 0.3) is 0 Å². The van der Waals surface area contributed by atoms with E-state index in [1.807, 2.05) is 45.7 Å². The zero-order chi connectivity index (χ0) is 43.2. The van der Waals surface area contributed by atoms with Crippen molar-refractivity contribution in [3.05, 3.63) is 59.8 Å². The molecule has 2 atom stereocenters. The number of anilines is 1. The number of carbonyl (C=O) groups excluding carboxylic acids is 1. The van der Waals surface area contributed by atoms with Crippen LogP contribution in [0, 0.1) is 0 Å². The first-order chi connectivity index (χ1) is 26.9. The number of ether oxygens (including phenoxy) is 4. The van der Waals surface area contributed by atoms with Crippen LogP contribution in [-0.2, 0) is 25.4 Å². The number of aliphatic hydroxyl groups is 1. The van der Waals surface area contributed by atoms with Crippen molar-refractivity contribution in [2.75, 3.05) is 38.2 Å². The summed E-state index contributed by atoms with van der Waals surface area (Å²) in [5.74, 6) is 0.928. The Hall–Kier alpha value is -3.78. The van der Waals surface area contributed by atoms with Crippen LogP contribution >= 0.6 is 0 Å². The fourth-order valence-corrected chi connectivity index (χ4v) is 7.83. The lowest BCUT2D eigenvalue weighted by atomic mass is 10.0. The summed E-state index contributed by atoms with van der Waals surface area (Å²) < 4.78 is 66.3. The number of aromatic nitrogens is 4. The molecule has 58 heavy (non-hydrogen) atoms. The van der Waals surface area contributed by atoms with E-state index in [0.29, 0.717) is 78.7 Å². The number of rotatable bonds is 19. The van der Waals surface area contributed by atoms with Crippen molar-refractivity contribution in [1.82, 2.24) is 24.5 Å². The summed E-state index contributed by atoms with van der Waals surface area (Å²) in [5, 5.41) is 14.6. The summed E-state index contributed by atoms with van der Waals surface area (Å²) in [5.41, 5.74) is 2.41. The highest BCUT2D eigenvalue weighted by atomic mass is 28.3. The highest BCUT2D eigenvalue weighted by Crippen LogP contribution is 2.37. The summed E-state index contributed by atoms with van der Waals surface area (Å²) in [7, 11) is -2.84. The zero-order valence-electron chi connectivity index (χ0n) is 36.1. The van der Waals surface area contributed by atoms with Crippen molar-refractivity contribution < 1.29 is 42.0 Å². The SMILES string of the molecule is C=C(OCC)c1c(CC[C@H]2CC(C)=CN2C(=O)OC(C)(C)C)nc2c(-c3ccc(C(O)C(F)(F)F)nc3)cnn2c1N(COCC[Si](C)(C)C)COCC[Si](C)(C)C. The van der Waals surface area contributed by atoms with Crippen LogP contribution < -0.4 is 4.90 Å². The molecule has 1 unspecified atom stereocenters. The quantitative estimate of drug-likeness (QED) is 0.0540. The Kier molecular flexibility index (Phi) is 15.4. The zero-order valence-corrected chi connectivity index (χ0v) is 38.1. The summed E-state index contributed by atoms with van der Waals surface area (Å²) in [4.78, 5) is 26.1. The number of aliphatic hydroxyl groups excluding tert-OH is 1. The molecule has 1 aliphatic rings. The van der Waals surface area contributed by atoms with Crippen molar-refractivity contribution in [2.45, 2.75) is 129 Å². The number of hydrogen-bond donors (Lipinski definition) is 1. The van der Waals surface area contributed by atoms with Crippen molar-refractivity contribution >= 4 is 39.5 Å². The first-order valence-corrected chi connectivity index (χ1v) is 27.3. The Labute approximate surface area is 343 Å². The van der Waals surface area contributed by atoms with Gasteiger partial charge in [-0.05, 0) is 72.0 Å². The first kappa shape index (κ1) is 46.9.